The van der Waals surface area contributed by atoms with Crippen LogP contribution in [0.5, 0.6) is 0 Å². The number of nitrogens with zero attached hydrogens (tertiary/aromatic N) is 2. The number of aryl methyl sites for hydroxylation is 8. The lowest BCUT2D eigenvalue weighted by atomic mass is 10.0. The van der Waals surface area contributed by atoms with Crippen molar-refractivity contribution in [3.63, 3.8) is 0 Å². The summed E-state index contributed by atoms with van der Waals surface area (Å²) in [5.74, 6) is -1.15. The summed E-state index contributed by atoms with van der Waals surface area (Å²) in [5.41, 5.74) is 15.5. The molecule has 10 heteroatoms. The van der Waals surface area contributed by atoms with Gasteiger partial charge in [0.2, 0.25) is 0 Å². The van der Waals surface area contributed by atoms with Crippen LogP contribution < -0.4 is 4.90 Å². The number of para-hydroxylation sites is 1. The molecule has 0 atom stereocenters. The molecule has 0 aliphatic carbocycles. The van der Waals surface area contributed by atoms with E-state index >= 15 is 0 Å². The molecule has 1 aliphatic rings. The number of fused-ring (bicyclic) bond motifs is 2. The molecule has 1 N–H and O–H groups in total. The van der Waals surface area contributed by atoms with Crippen molar-refractivity contribution in [3.8, 4) is 59.2 Å². The number of aliphatic carboxylic acids is 1. The second-order valence-electron chi connectivity index (χ2n) is 25.4. The van der Waals surface area contributed by atoms with Crippen molar-refractivity contribution in [3.05, 3.63) is 145 Å². The maximum Gasteiger partial charge on any atom is 0.333 e. The Labute approximate surface area is 566 Å². The second kappa shape index (κ2) is 36.0. The van der Waals surface area contributed by atoms with Crippen LogP contribution in [0.15, 0.2) is 84.6 Å². The van der Waals surface area contributed by atoms with Gasteiger partial charge in [-0.3, -0.25) is 4.79 Å². The minimum absolute atomic E-state index is 0.209. The van der Waals surface area contributed by atoms with Crippen LogP contribution in [0.1, 0.15) is 252 Å². The number of carboxylic acids is 1. The third-order valence-corrected chi connectivity index (χ3v) is 26.3. The molecule has 2 aromatic carbocycles. The van der Waals surface area contributed by atoms with E-state index in [2.05, 4.69) is 160 Å². The minimum atomic E-state index is -1.15. The Morgan fingerprint density at radius 2 is 0.767 bits per heavy atom. The Kier molecular flexibility index (Phi) is 27.8. The number of rotatable bonds is 39. The number of carbonyl (C=O) groups is 1. The Bertz CT molecular complexity index is 3620. The zero-order chi connectivity index (χ0) is 63.2. The molecule has 8 aromatic rings. The molecule has 90 heavy (non-hydrogen) atoms. The van der Waals surface area contributed by atoms with Gasteiger partial charge in [-0.05, 0) is 208 Å². The van der Waals surface area contributed by atoms with E-state index in [0.717, 1.165) is 82.1 Å². The van der Waals surface area contributed by atoms with Crippen molar-refractivity contribution in [1.29, 1.82) is 0 Å². The SMILES string of the molecule is [C-]#[N+]/C(=C\c1sc(-c2sc(-c3sc(-c4sc(-c5sc(-c6sc(-c7ccc8c(c7)CCc7ccccc7N8CC)cc6CCCCCC)cc5CCCCCC)cc4CCCCCC)cc3CCCCCC)cc2CCCCCC)cc1CCCCCC)C(=O)O. The highest BCUT2D eigenvalue weighted by Crippen LogP contribution is 2.53. The quantitative estimate of drug-likeness (QED) is 0.0237. The third-order valence-electron chi connectivity index (χ3n) is 18.3. The highest BCUT2D eigenvalue weighted by molar-refractivity contribution is 7.31. The highest BCUT2D eigenvalue weighted by Gasteiger charge is 2.27. The fraction of sp³-hybridized carbons (Fsp3) is 0.500. The Morgan fingerprint density at radius 3 is 1.16 bits per heavy atom. The summed E-state index contributed by atoms with van der Waals surface area (Å²) in [7, 11) is 0. The standard InChI is InChI=1S/C80H102N2O2S6/c1-9-16-22-28-37-58-49-70(85-69(58)55-65(81-8)80(83)84)75-61(39-30-24-18-11-3)51-72(87-75)77-63(41-32-26-20-13-5)53-74(89-77)79-64(42-33-27-21-14-6)54-73(90-79)78-62(40-31-25-19-12-4)52-71(88-78)76-60(38-29-23-17-10-2)50-68(86-76)59-46-47-67-57(48-59)45-44-56-36-34-35-43-66(56)82(67)15-7/h34-36,43,46-55H,9-33,37-42,44-45H2,1-7H3,(H,83,84)/b65-55-. The molecule has 7 heterocycles. The monoisotopic (exact) mass is 1310 g/mol. The topological polar surface area (TPSA) is 44.9 Å². The first kappa shape index (κ1) is 69.5. The van der Waals surface area contributed by atoms with E-state index in [1.54, 1.807) is 23.0 Å². The molecule has 0 radical (unpaired) electrons. The van der Waals surface area contributed by atoms with Gasteiger partial charge in [0.15, 0.2) is 0 Å². The largest absolute Gasteiger partial charge is 0.486 e. The van der Waals surface area contributed by atoms with E-state index in [4.69, 9.17) is 6.57 Å². The molecule has 0 spiro atoms. The molecule has 0 saturated carbocycles. The maximum absolute atomic E-state index is 12.3. The fourth-order valence-electron chi connectivity index (χ4n) is 13.2. The average molecular weight is 1320 g/mol. The minimum Gasteiger partial charge on any atom is -0.486 e. The number of thiophene rings is 6. The second-order valence-corrected chi connectivity index (χ2v) is 31.7. The molecule has 480 valence electrons. The van der Waals surface area contributed by atoms with Crippen LogP contribution in [0.3, 0.4) is 0 Å². The lowest BCUT2D eigenvalue weighted by Crippen LogP contribution is -2.17. The Balaban J connectivity index is 1.14. The van der Waals surface area contributed by atoms with Crippen molar-refractivity contribution in [2.45, 2.75) is 254 Å². The van der Waals surface area contributed by atoms with Gasteiger partial charge < -0.3 is 10.0 Å². The zero-order valence-corrected chi connectivity index (χ0v) is 60.5. The first-order valence-electron chi connectivity index (χ1n) is 35.2. The molecule has 1 aliphatic heterocycles. The summed E-state index contributed by atoms with van der Waals surface area (Å²) in [6, 6.07) is 31.8. The van der Waals surface area contributed by atoms with Gasteiger partial charge in [0.05, 0.1) is 6.57 Å². The summed E-state index contributed by atoms with van der Waals surface area (Å²) in [5, 5.41) is 10.0. The van der Waals surface area contributed by atoms with Crippen LogP contribution in [0.4, 0.5) is 11.4 Å². The number of hydrogen-bond donors (Lipinski definition) is 1. The summed E-state index contributed by atoms with van der Waals surface area (Å²) < 4.78 is 0. The van der Waals surface area contributed by atoms with Gasteiger partial charge in [0.1, 0.15) is 0 Å². The highest BCUT2D eigenvalue weighted by atomic mass is 32.1. The third kappa shape index (κ3) is 18.1. The van der Waals surface area contributed by atoms with Crippen LogP contribution in [0, 0.1) is 6.57 Å². The van der Waals surface area contributed by atoms with Gasteiger partial charge in [0, 0.05) is 76.4 Å². The summed E-state index contributed by atoms with van der Waals surface area (Å²) in [4.78, 5) is 34.8. The molecular weight excluding hydrogens is 1210 g/mol. The average Bonchev–Trinajstić information content (AvgIpc) is 1.70. The van der Waals surface area contributed by atoms with Crippen LogP contribution in [0.25, 0.3) is 70.1 Å². The van der Waals surface area contributed by atoms with E-state index < -0.39 is 5.97 Å². The zero-order valence-electron chi connectivity index (χ0n) is 55.6. The van der Waals surface area contributed by atoms with Crippen LogP contribution >= 0.6 is 68.0 Å². The van der Waals surface area contributed by atoms with E-state index in [1.807, 2.05) is 34.0 Å². The fourth-order valence-corrected chi connectivity index (χ4v) is 21.1. The first-order valence-corrected chi connectivity index (χ1v) is 40.1. The van der Waals surface area contributed by atoms with Gasteiger partial charge in [0.25, 0.3) is 5.70 Å². The van der Waals surface area contributed by atoms with Crippen LogP contribution in [0.2, 0.25) is 0 Å². The molecule has 6 aromatic heterocycles. The van der Waals surface area contributed by atoms with E-state index in [-0.39, 0.29) is 5.70 Å². The van der Waals surface area contributed by atoms with Gasteiger partial charge in [-0.2, -0.15) is 0 Å². The van der Waals surface area contributed by atoms with Crippen molar-refractivity contribution in [2.75, 3.05) is 11.4 Å². The smallest absolute Gasteiger partial charge is 0.333 e. The molecule has 0 bridgehead atoms. The van der Waals surface area contributed by atoms with Gasteiger partial charge >= 0.3 is 5.97 Å². The van der Waals surface area contributed by atoms with Crippen molar-refractivity contribution >= 4 is 91.4 Å². The normalized spacial score (nSPS) is 12.5. The van der Waals surface area contributed by atoms with E-state index in [0.29, 0.717) is 0 Å². The summed E-state index contributed by atoms with van der Waals surface area (Å²) in [6.07, 6.45) is 39.5. The van der Waals surface area contributed by atoms with Gasteiger partial charge in [-0.1, -0.05) is 181 Å². The Hall–Kier alpha value is -4.86. The van der Waals surface area contributed by atoms with Crippen molar-refractivity contribution in [1.82, 2.24) is 0 Å². The molecule has 0 unspecified atom stereocenters. The lowest BCUT2D eigenvalue weighted by molar-refractivity contribution is -0.132. The van der Waals surface area contributed by atoms with Crippen molar-refractivity contribution in [2.24, 2.45) is 0 Å². The maximum atomic E-state index is 12.3. The van der Waals surface area contributed by atoms with Gasteiger partial charge in [-0.15, -0.1) is 68.0 Å². The Morgan fingerprint density at radius 1 is 0.422 bits per heavy atom. The summed E-state index contributed by atoms with van der Waals surface area (Å²) in [6.45, 7) is 24.9. The predicted octanol–water partition coefficient (Wildman–Crippen LogP) is 27.4. The molecule has 0 fully saturated rings. The van der Waals surface area contributed by atoms with Gasteiger partial charge in [-0.25, -0.2) is 4.85 Å². The van der Waals surface area contributed by atoms with Crippen LogP contribution in [-0.2, 0) is 56.2 Å². The number of hydrogen-bond acceptors (Lipinski definition) is 8. The molecular formula is C80H102N2O2S6. The molecule has 9 rings (SSSR count). The van der Waals surface area contributed by atoms with Crippen LogP contribution in [-0.4, -0.2) is 17.6 Å². The molecule has 0 amide bonds. The van der Waals surface area contributed by atoms with E-state index in [9.17, 15) is 9.90 Å². The molecule has 4 nitrogen and oxygen atoms in total. The number of benzene rings is 2. The van der Waals surface area contributed by atoms with E-state index in [1.165, 1.54) is 244 Å². The molecule has 0 saturated heterocycles. The number of anilines is 2. The summed E-state index contributed by atoms with van der Waals surface area (Å²) >= 11 is 11.9. The number of unbranched alkanes of at least 4 members (excludes halogenated alkanes) is 18. The number of carboxylic acid groups (broad SMARTS) is 1. The first-order chi connectivity index (χ1) is 44.1. The lowest BCUT2D eigenvalue weighted by Gasteiger charge is -2.25. The van der Waals surface area contributed by atoms with Crippen molar-refractivity contribution < 1.29 is 9.90 Å². The predicted molar refractivity (Wildman–Crippen MR) is 402 cm³/mol.